The summed E-state index contributed by atoms with van der Waals surface area (Å²) in [5.41, 5.74) is 4.55. The average Bonchev–Trinajstić information content (AvgIpc) is 3.41. The number of halogens is 2. The fourth-order valence-electron chi connectivity index (χ4n) is 4.07. The smallest absolute Gasteiger partial charge is 0.393 e. The van der Waals surface area contributed by atoms with Crippen LogP contribution in [0.5, 0.6) is 5.88 Å². The van der Waals surface area contributed by atoms with E-state index in [2.05, 4.69) is 15.6 Å². The van der Waals surface area contributed by atoms with Crippen LogP contribution in [0.15, 0.2) is 42.5 Å². The summed E-state index contributed by atoms with van der Waals surface area (Å²) in [6, 6.07) is 10.4. The van der Waals surface area contributed by atoms with Gasteiger partial charge in [0, 0.05) is 60.3 Å². The van der Waals surface area contributed by atoms with Crippen LogP contribution >= 0.6 is 11.6 Å². The summed E-state index contributed by atoms with van der Waals surface area (Å²) in [6.07, 6.45) is -0.796. The molecule has 11 nitrogen and oxygen atoms in total. The van der Waals surface area contributed by atoms with Crippen molar-refractivity contribution >= 4 is 46.1 Å². The highest BCUT2D eigenvalue weighted by molar-refractivity contribution is 6.30. The molecule has 0 radical (unpaired) electrons. The van der Waals surface area contributed by atoms with E-state index in [1.54, 1.807) is 24.3 Å². The number of hydrogen-bond acceptors (Lipinski definition) is 7. The molecule has 6 N–H and O–H groups in total. The van der Waals surface area contributed by atoms with Crippen molar-refractivity contribution < 1.29 is 33.4 Å². The number of rotatable bonds is 10. The summed E-state index contributed by atoms with van der Waals surface area (Å²) >= 11 is 5.83. The number of nitrogens with zero attached hydrogens (tertiary/aromatic N) is 1. The molecule has 1 fully saturated rings. The Morgan fingerprint density at radius 3 is 2.76 bits per heavy atom. The molecule has 38 heavy (non-hydrogen) atoms. The molecule has 1 saturated heterocycles. The van der Waals surface area contributed by atoms with Crippen molar-refractivity contribution in [1.82, 2.24) is 15.6 Å². The predicted molar refractivity (Wildman–Crippen MR) is 137 cm³/mol. The van der Waals surface area contributed by atoms with Gasteiger partial charge in [0.25, 0.3) is 11.8 Å². The van der Waals surface area contributed by atoms with E-state index >= 15 is 0 Å². The number of nitrogens with one attached hydrogen (secondary N) is 3. The Kier molecular flexibility index (Phi) is 8.47. The molecule has 0 unspecified atom stereocenters. The molecule has 1 aliphatic rings. The van der Waals surface area contributed by atoms with Gasteiger partial charge in [-0.15, -0.1) is 0 Å². The standard InChI is InChI=1S/C25H27ClFN5O6/c26-17-9-15(10-18(27)13-17)14-30-22(33)25(36)3-6-32(23(25)34)19-1-2-20-16(11-19)12-21(31-20)38-24(35)29-5-8-37-7-4-28/h1-2,9-13,31,36H,3-8,14,28H2,(H,29,35)(H,30,33)/t25-/m0/s1. The summed E-state index contributed by atoms with van der Waals surface area (Å²) in [6.45, 7) is 1.33. The van der Waals surface area contributed by atoms with E-state index in [0.717, 1.165) is 6.07 Å². The number of nitrogens with two attached hydrogens (primary N) is 1. The fourth-order valence-corrected chi connectivity index (χ4v) is 4.31. The van der Waals surface area contributed by atoms with E-state index in [1.807, 2.05) is 0 Å². The fraction of sp³-hybridized carbons (Fsp3) is 0.320. The normalized spacial score (nSPS) is 17.2. The number of fused-ring (bicyclic) bond motifs is 1. The average molecular weight is 548 g/mol. The monoisotopic (exact) mass is 547 g/mol. The number of aromatic amines is 1. The zero-order chi connectivity index (χ0) is 27.3. The van der Waals surface area contributed by atoms with E-state index in [1.165, 1.54) is 17.0 Å². The largest absolute Gasteiger partial charge is 0.413 e. The van der Waals surface area contributed by atoms with Crippen molar-refractivity contribution in [3.05, 3.63) is 58.9 Å². The molecule has 0 aliphatic carbocycles. The minimum absolute atomic E-state index is 0.0997. The van der Waals surface area contributed by atoms with Crippen LogP contribution in [0.2, 0.25) is 5.02 Å². The minimum Gasteiger partial charge on any atom is -0.393 e. The Hall–Kier alpha value is -3.71. The second-order valence-electron chi connectivity index (χ2n) is 8.65. The highest BCUT2D eigenvalue weighted by atomic mass is 35.5. The number of benzene rings is 2. The van der Waals surface area contributed by atoms with E-state index in [0.29, 0.717) is 41.9 Å². The van der Waals surface area contributed by atoms with Crippen molar-refractivity contribution in [3.63, 3.8) is 0 Å². The molecule has 1 atom stereocenters. The van der Waals surface area contributed by atoms with E-state index in [4.69, 9.17) is 26.8 Å². The van der Waals surface area contributed by atoms with Gasteiger partial charge < -0.3 is 40.8 Å². The van der Waals surface area contributed by atoms with Crippen LogP contribution in [0.4, 0.5) is 14.9 Å². The molecule has 0 saturated carbocycles. The molecule has 0 spiro atoms. The zero-order valence-corrected chi connectivity index (χ0v) is 21.0. The maximum absolute atomic E-state index is 13.5. The quantitative estimate of drug-likeness (QED) is 0.191. The molecule has 13 heteroatoms. The first-order valence-electron chi connectivity index (χ1n) is 11.8. The summed E-state index contributed by atoms with van der Waals surface area (Å²) in [5.74, 6) is -2.04. The first-order chi connectivity index (χ1) is 18.2. The second kappa shape index (κ2) is 11.8. The number of carbonyl (C=O) groups excluding carboxylic acids is 3. The third-order valence-electron chi connectivity index (χ3n) is 5.92. The second-order valence-corrected chi connectivity index (χ2v) is 9.09. The molecular formula is C25H27ClFN5O6. The Labute approximate surface area is 222 Å². The van der Waals surface area contributed by atoms with Crippen molar-refractivity contribution in [2.45, 2.75) is 18.6 Å². The van der Waals surface area contributed by atoms with Gasteiger partial charge in [-0.2, -0.15) is 0 Å². The van der Waals surface area contributed by atoms with Crippen LogP contribution in [-0.2, 0) is 20.9 Å². The highest BCUT2D eigenvalue weighted by Gasteiger charge is 2.51. The topological polar surface area (TPSA) is 159 Å². The molecule has 3 aromatic rings. The third-order valence-corrected chi connectivity index (χ3v) is 6.14. The van der Waals surface area contributed by atoms with Crippen LogP contribution in [0.1, 0.15) is 12.0 Å². The maximum atomic E-state index is 13.5. The number of ether oxygens (including phenoxy) is 2. The summed E-state index contributed by atoms with van der Waals surface area (Å²) in [5, 5.41) is 16.7. The molecule has 3 amide bonds. The van der Waals surface area contributed by atoms with Gasteiger partial charge in [-0.1, -0.05) is 11.6 Å². The predicted octanol–water partition coefficient (Wildman–Crippen LogP) is 1.81. The van der Waals surface area contributed by atoms with Crippen LogP contribution in [0.3, 0.4) is 0 Å². The van der Waals surface area contributed by atoms with Gasteiger partial charge in [0.05, 0.1) is 13.2 Å². The number of anilines is 1. The molecule has 1 aliphatic heterocycles. The van der Waals surface area contributed by atoms with Gasteiger partial charge in [0.2, 0.25) is 11.5 Å². The van der Waals surface area contributed by atoms with Crippen molar-refractivity contribution in [2.75, 3.05) is 37.7 Å². The lowest BCUT2D eigenvalue weighted by atomic mass is 10.0. The molecule has 202 valence electrons. The molecule has 2 aromatic carbocycles. The summed E-state index contributed by atoms with van der Waals surface area (Å²) in [4.78, 5) is 42.0. The Morgan fingerprint density at radius 1 is 1.18 bits per heavy atom. The third kappa shape index (κ3) is 6.22. The number of aliphatic hydroxyl groups is 1. The van der Waals surface area contributed by atoms with Gasteiger partial charge >= 0.3 is 6.09 Å². The number of carbonyl (C=O) groups is 3. The van der Waals surface area contributed by atoms with E-state index < -0.39 is 29.3 Å². The van der Waals surface area contributed by atoms with Crippen LogP contribution in [-0.4, -0.2) is 66.4 Å². The van der Waals surface area contributed by atoms with E-state index in [-0.39, 0.29) is 37.0 Å². The van der Waals surface area contributed by atoms with Gasteiger partial charge in [0.15, 0.2) is 0 Å². The molecular weight excluding hydrogens is 521 g/mol. The lowest BCUT2D eigenvalue weighted by Gasteiger charge is -2.22. The van der Waals surface area contributed by atoms with Crippen LogP contribution < -0.4 is 26.0 Å². The first kappa shape index (κ1) is 27.3. The summed E-state index contributed by atoms with van der Waals surface area (Å²) < 4.78 is 24.0. The number of aromatic nitrogens is 1. The molecule has 0 bridgehead atoms. The highest BCUT2D eigenvalue weighted by Crippen LogP contribution is 2.32. The number of H-pyrrole nitrogens is 1. The molecule has 2 heterocycles. The van der Waals surface area contributed by atoms with Crippen molar-refractivity contribution in [2.24, 2.45) is 5.73 Å². The lowest BCUT2D eigenvalue weighted by Crippen LogP contribution is -2.52. The van der Waals surface area contributed by atoms with E-state index in [9.17, 15) is 23.9 Å². The Balaban J connectivity index is 1.38. The zero-order valence-electron chi connectivity index (χ0n) is 20.3. The SMILES string of the molecule is NCCOCCNC(=O)Oc1cc2cc(N3CC[C@](O)(C(=O)NCc4cc(F)cc(Cl)c4)C3=O)ccc2[nH]1. The first-order valence-corrected chi connectivity index (χ1v) is 12.2. The minimum atomic E-state index is -2.27. The van der Waals surface area contributed by atoms with Gasteiger partial charge in [-0.3, -0.25) is 9.59 Å². The molecule has 1 aromatic heterocycles. The Bertz CT molecular complexity index is 1330. The van der Waals surface area contributed by atoms with Crippen LogP contribution in [0.25, 0.3) is 10.9 Å². The van der Waals surface area contributed by atoms with Gasteiger partial charge in [-0.25, -0.2) is 9.18 Å². The number of amides is 3. The lowest BCUT2D eigenvalue weighted by molar-refractivity contribution is -0.149. The summed E-state index contributed by atoms with van der Waals surface area (Å²) in [7, 11) is 0. The molecule has 4 rings (SSSR count). The van der Waals surface area contributed by atoms with Gasteiger partial charge in [-0.05, 0) is 42.0 Å². The van der Waals surface area contributed by atoms with Crippen molar-refractivity contribution in [1.29, 1.82) is 0 Å². The van der Waals surface area contributed by atoms with Crippen LogP contribution in [0, 0.1) is 5.82 Å². The van der Waals surface area contributed by atoms with Crippen molar-refractivity contribution in [3.8, 4) is 5.88 Å². The van der Waals surface area contributed by atoms with Gasteiger partial charge in [0.1, 0.15) is 5.82 Å². The maximum Gasteiger partial charge on any atom is 0.413 e. The number of hydrogen-bond donors (Lipinski definition) is 5. The Morgan fingerprint density at radius 2 is 2.00 bits per heavy atom.